The van der Waals surface area contributed by atoms with E-state index in [4.69, 9.17) is 11.6 Å². The summed E-state index contributed by atoms with van der Waals surface area (Å²) >= 11 is 9.41. The Kier molecular flexibility index (Phi) is 6.08. The molecule has 2 rings (SSSR count). The van der Waals surface area contributed by atoms with Crippen molar-refractivity contribution in [1.82, 2.24) is 9.62 Å². The van der Waals surface area contributed by atoms with Crippen LogP contribution < -0.4 is 5.32 Å². The van der Waals surface area contributed by atoms with E-state index in [1.54, 1.807) is 18.2 Å². The van der Waals surface area contributed by atoms with Crippen LogP contribution in [0.5, 0.6) is 0 Å². The molecule has 1 heterocycles. The highest BCUT2D eigenvalue weighted by Gasteiger charge is 2.28. The quantitative estimate of drug-likeness (QED) is 0.833. The number of nitrogens with zero attached hydrogens (tertiary/aromatic N) is 1. The fraction of sp³-hybridized carbons (Fsp3) is 0.571. The largest absolute Gasteiger partial charge is 0.317 e. The molecule has 0 unspecified atom stereocenters. The smallest absolute Gasteiger partial charge is 0.244 e. The molecule has 1 fully saturated rings. The standard InChI is InChI=1S/C14H20BrClN2O2S/c1-2-18(10-11-5-7-17-8-6-11)21(19,20)14-4-3-12(15)9-13(14)16/h3-4,9,11,17H,2,5-8,10H2,1H3. The molecule has 1 N–H and O–H groups in total. The summed E-state index contributed by atoms with van der Waals surface area (Å²) < 4.78 is 27.9. The zero-order chi connectivity index (χ0) is 15.5. The van der Waals surface area contributed by atoms with Gasteiger partial charge in [-0.1, -0.05) is 34.5 Å². The van der Waals surface area contributed by atoms with Crippen LogP contribution in [0.4, 0.5) is 0 Å². The third kappa shape index (κ3) is 4.20. The fourth-order valence-corrected chi connectivity index (χ4v) is 5.11. The van der Waals surface area contributed by atoms with E-state index >= 15 is 0 Å². The number of nitrogens with one attached hydrogen (secondary N) is 1. The maximum atomic E-state index is 12.8. The van der Waals surface area contributed by atoms with Crippen molar-refractivity contribution in [1.29, 1.82) is 0 Å². The average molecular weight is 396 g/mol. The van der Waals surface area contributed by atoms with Gasteiger partial charge in [0.25, 0.3) is 0 Å². The SMILES string of the molecule is CCN(CC1CCNCC1)S(=O)(=O)c1ccc(Br)cc1Cl. The Morgan fingerprint density at radius 3 is 2.62 bits per heavy atom. The van der Waals surface area contributed by atoms with Crippen molar-refractivity contribution in [2.24, 2.45) is 5.92 Å². The van der Waals surface area contributed by atoms with Crippen molar-refractivity contribution in [2.45, 2.75) is 24.7 Å². The number of benzene rings is 1. The lowest BCUT2D eigenvalue weighted by atomic mass is 9.98. The minimum atomic E-state index is -3.54. The van der Waals surface area contributed by atoms with Crippen molar-refractivity contribution in [3.8, 4) is 0 Å². The first-order chi connectivity index (χ1) is 9.95. The molecule has 118 valence electrons. The van der Waals surface area contributed by atoms with Crippen LogP contribution in [0.15, 0.2) is 27.6 Å². The molecular formula is C14H20BrClN2O2S. The van der Waals surface area contributed by atoms with Crippen LogP contribution in [-0.2, 0) is 10.0 Å². The van der Waals surface area contributed by atoms with E-state index in [1.807, 2.05) is 6.92 Å². The van der Waals surface area contributed by atoms with E-state index < -0.39 is 10.0 Å². The van der Waals surface area contributed by atoms with Crippen LogP contribution in [0, 0.1) is 5.92 Å². The summed E-state index contributed by atoms with van der Waals surface area (Å²) in [6.07, 6.45) is 2.03. The molecule has 7 heteroatoms. The molecule has 1 saturated heterocycles. The van der Waals surface area contributed by atoms with Crippen LogP contribution in [0.1, 0.15) is 19.8 Å². The summed E-state index contributed by atoms with van der Waals surface area (Å²) in [7, 11) is -3.54. The van der Waals surface area contributed by atoms with Crippen molar-refractivity contribution in [2.75, 3.05) is 26.2 Å². The van der Waals surface area contributed by atoms with Gasteiger partial charge in [-0.3, -0.25) is 0 Å². The van der Waals surface area contributed by atoms with Crippen LogP contribution in [0.3, 0.4) is 0 Å². The average Bonchev–Trinajstić information content (AvgIpc) is 2.45. The Morgan fingerprint density at radius 1 is 1.38 bits per heavy atom. The third-order valence-corrected chi connectivity index (χ3v) is 6.70. The molecule has 1 aromatic carbocycles. The summed E-state index contributed by atoms with van der Waals surface area (Å²) in [6, 6.07) is 4.89. The molecule has 0 radical (unpaired) electrons. The van der Waals surface area contributed by atoms with Crippen LogP contribution >= 0.6 is 27.5 Å². The molecule has 0 atom stereocenters. The molecule has 0 aromatic heterocycles. The van der Waals surface area contributed by atoms with Gasteiger partial charge in [0.1, 0.15) is 4.90 Å². The lowest BCUT2D eigenvalue weighted by Crippen LogP contribution is -2.39. The molecule has 21 heavy (non-hydrogen) atoms. The molecular weight excluding hydrogens is 376 g/mol. The summed E-state index contributed by atoms with van der Waals surface area (Å²) in [6.45, 7) is 4.81. The minimum absolute atomic E-state index is 0.183. The maximum absolute atomic E-state index is 12.8. The Hall–Kier alpha value is -0.140. The molecule has 0 bridgehead atoms. The van der Waals surface area contributed by atoms with Crippen molar-refractivity contribution < 1.29 is 8.42 Å². The number of piperidine rings is 1. The van der Waals surface area contributed by atoms with Crippen molar-refractivity contribution >= 4 is 37.6 Å². The first-order valence-electron chi connectivity index (χ1n) is 7.11. The number of sulfonamides is 1. The third-order valence-electron chi connectivity index (χ3n) is 3.79. The molecule has 0 spiro atoms. The number of hydrogen-bond donors (Lipinski definition) is 1. The summed E-state index contributed by atoms with van der Waals surface area (Å²) in [5.74, 6) is 0.412. The van der Waals surface area contributed by atoms with Gasteiger partial charge in [-0.2, -0.15) is 4.31 Å². The maximum Gasteiger partial charge on any atom is 0.244 e. The van der Waals surface area contributed by atoms with Crippen molar-refractivity contribution in [3.63, 3.8) is 0 Å². The number of rotatable bonds is 5. The molecule has 4 nitrogen and oxygen atoms in total. The highest BCUT2D eigenvalue weighted by molar-refractivity contribution is 9.10. The molecule has 0 aliphatic carbocycles. The molecule has 0 amide bonds. The van der Waals surface area contributed by atoms with Gasteiger partial charge in [-0.15, -0.1) is 0 Å². The fourth-order valence-electron chi connectivity index (χ4n) is 2.57. The predicted octanol–water partition coefficient (Wildman–Crippen LogP) is 3.11. The summed E-state index contributed by atoms with van der Waals surface area (Å²) in [4.78, 5) is 0.183. The highest BCUT2D eigenvalue weighted by atomic mass is 79.9. The Morgan fingerprint density at radius 2 is 2.05 bits per heavy atom. The second kappa shape index (κ2) is 7.42. The first-order valence-corrected chi connectivity index (χ1v) is 9.72. The Labute approximate surface area is 140 Å². The van der Waals surface area contributed by atoms with Crippen LogP contribution in [0.25, 0.3) is 0 Å². The monoisotopic (exact) mass is 394 g/mol. The zero-order valence-electron chi connectivity index (χ0n) is 12.0. The van der Waals surface area contributed by atoms with E-state index in [9.17, 15) is 8.42 Å². The number of hydrogen-bond acceptors (Lipinski definition) is 3. The second-order valence-corrected chi connectivity index (χ2v) is 8.45. The van der Waals surface area contributed by atoms with E-state index in [-0.39, 0.29) is 9.92 Å². The topological polar surface area (TPSA) is 49.4 Å². The molecule has 1 aliphatic heterocycles. The summed E-state index contributed by atoms with van der Waals surface area (Å²) in [5, 5.41) is 3.55. The Balaban J connectivity index is 2.22. The predicted molar refractivity (Wildman–Crippen MR) is 89.2 cm³/mol. The van der Waals surface area contributed by atoms with Gasteiger partial charge in [0.15, 0.2) is 0 Å². The molecule has 1 aromatic rings. The molecule has 1 aliphatic rings. The van der Waals surface area contributed by atoms with Gasteiger partial charge < -0.3 is 5.32 Å². The summed E-state index contributed by atoms with van der Waals surface area (Å²) in [5.41, 5.74) is 0. The zero-order valence-corrected chi connectivity index (χ0v) is 15.1. The lowest BCUT2D eigenvalue weighted by Gasteiger charge is -2.29. The highest BCUT2D eigenvalue weighted by Crippen LogP contribution is 2.28. The first kappa shape index (κ1) is 17.2. The van der Waals surface area contributed by atoms with Gasteiger partial charge in [0.2, 0.25) is 10.0 Å². The van der Waals surface area contributed by atoms with Gasteiger partial charge >= 0.3 is 0 Å². The minimum Gasteiger partial charge on any atom is -0.317 e. The van der Waals surface area contributed by atoms with E-state index in [1.165, 1.54) is 4.31 Å². The van der Waals surface area contributed by atoms with Crippen LogP contribution in [0.2, 0.25) is 5.02 Å². The Bertz CT molecular complexity index is 589. The molecule has 0 saturated carbocycles. The van der Waals surface area contributed by atoms with Gasteiger partial charge in [-0.25, -0.2) is 8.42 Å². The second-order valence-electron chi connectivity index (χ2n) is 5.22. The van der Waals surface area contributed by atoms with Gasteiger partial charge in [-0.05, 0) is 50.0 Å². The normalized spacial score (nSPS) is 17.3. The number of halogens is 2. The van der Waals surface area contributed by atoms with Gasteiger partial charge in [0.05, 0.1) is 5.02 Å². The van der Waals surface area contributed by atoms with Gasteiger partial charge in [0, 0.05) is 17.6 Å². The van der Waals surface area contributed by atoms with E-state index in [0.29, 0.717) is 19.0 Å². The lowest BCUT2D eigenvalue weighted by molar-refractivity contribution is 0.294. The van der Waals surface area contributed by atoms with E-state index in [0.717, 1.165) is 30.4 Å². The van der Waals surface area contributed by atoms with E-state index in [2.05, 4.69) is 21.2 Å². The van der Waals surface area contributed by atoms with Crippen LogP contribution in [-0.4, -0.2) is 38.9 Å². The van der Waals surface area contributed by atoms with Crippen molar-refractivity contribution in [3.05, 3.63) is 27.7 Å².